The van der Waals surface area contributed by atoms with Gasteiger partial charge in [0, 0.05) is 24.5 Å². The number of urea groups is 1. The Morgan fingerprint density at radius 2 is 1.79 bits per heavy atom. The number of hydrogen-bond donors (Lipinski definition) is 2. The number of nitrogens with zero attached hydrogens (tertiary/aromatic N) is 1. The van der Waals surface area contributed by atoms with Crippen LogP contribution >= 0.6 is 0 Å². The van der Waals surface area contributed by atoms with Gasteiger partial charge in [0.25, 0.3) is 0 Å². The Bertz CT molecular complexity index is 1150. The van der Waals surface area contributed by atoms with E-state index in [1.54, 1.807) is 7.11 Å². The van der Waals surface area contributed by atoms with Crippen molar-refractivity contribution in [2.45, 2.75) is 52.1 Å². The van der Waals surface area contributed by atoms with Crippen LogP contribution in [0.2, 0.25) is 0 Å². The Labute approximate surface area is 203 Å². The molecule has 0 spiro atoms. The normalized spacial score (nSPS) is 15.4. The molecule has 0 bridgehead atoms. The molecule has 1 aliphatic heterocycles. The van der Waals surface area contributed by atoms with Crippen LogP contribution in [0.3, 0.4) is 0 Å². The zero-order valence-electron chi connectivity index (χ0n) is 20.8. The molecule has 0 saturated carbocycles. The lowest BCUT2D eigenvalue weighted by atomic mass is 9.86. The molecule has 1 heterocycles. The van der Waals surface area contributed by atoms with Gasteiger partial charge >= 0.3 is 6.03 Å². The zero-order valence-corrected chi connectivity index (χ0v) is 20.8. The average molecular weight is 458 g/mol. The van der Waals surface area contributed by atoms with Crippen LogP contribution in [0.5, 0.6) is 5.75 Å². The number of benzene rings is 3. The second-order valence-corrected chi connectivity index (χ2v) is 10.0. The third kappa shape index (κ3) is 5.36. The SMILES string of the molecule is COc1ccc(CN2CCC(NC(=O)Nc3cc(C(C)(C)C)ccc3C)c3ccccc32)cc1. The highest BCUT2D eigenvalue weighted by Crippen LogP contribution is 2.35. The van der Waals surface area contributed by atoms with Crippen molar-refractivity contribution in [3.8, 4) is 5.75 Å². The highest BCUT2D eigenvalue weighted by Gasteiger charge is 2.26. The molecule has 2 amide bonds. The van der Waals surface area contributed by atoms with Crippen molar-refractivity contribution in [3.63, 3.8) is 0 Å². The Kier molecular flexibility index (Phi) is 6.82. The van der Waals surface area contributed by atoms with E-state index in [0.717, 1.165) is 42.1 Å². The standard InChI is InChI=1S/C29H35N3O2/c1-20-10-13-22(29(2,3)4)18-26(20)31-28(33)30-25-16-17-32(27-9-7-6-8-24(25)27)19-21-11-14-23(34-5)15-12-21/h6-15,18,25H,16-17,19H2,1-5H3,(H2,30,31,33). The van der Waals surface area contributed by atoms with Crippen LogP contribution in [0.1, 0.15) is 55.5 Å². The van der Waals surface area contributed by atoms with Crippen molar-refractivity contribution < 1.29 is 9.53 Å². The summed E-state index contributed by atoms with van der Waals surface area (Å²) in [5.41, 5.74) is 6.68. The molecule has 1 unspecified atom stereocenters. The molecule has 5 heteroatoms. The molecule has 3 aromatic rings. The minimum atomic E-state index is -0.169. The maximum Gasteiger partial charge on any atom is 0.319 e. The van der Waals surface area contributed by atoms with E-state index in [0.29, 0.717) is 0 Å². The van der Waals surface area contributed by atoms with Crippen LogP contribution in [-0.4, -0.2) is 19.7 Å². The molecule has 4 rings (SSSR count). The Morgan fingerprint density at radius 3 is 2.50 bits per heavy atom. The summed E-state index contributed by atoms with van der Waals surface area (Å²) in [6, 6.07) is 22.6. The van der Waals surface area contributed by atoms with E-state index >= 15 is 0 Å². The molecule has 0 radical (unpaired) electrons. The smallest absolute Gasteiger partial charge is 0.319 e. The highest BCUT2D eigenvalue weighted by atomic mass is 16.5. The maximum absolute atomic E-state index is 13.0. The number of aryl methyl sites for hydroxylation is 1. The van der Waals surface area contributed by atoms with Crippen LogP contribution in [0.15, 0.2) is 66.7 Å². The second kappa shape index (κ2) is 9.80. The molecule has 5 nitrogen and oxygen atoms in total. The molecule has 0 aliphatic carbocycles. The summed E-state index contributed by atoms with van der Waals surface area (Å²) in [7, 11) is 1.68. The lowest BCUT2D eigenvalue weighted by molar-refractivity contribution is 0.247. The number of carbonyl (C=O) groups excluding carboxylic acids is 1. The number of para-hydroxylation sites is 1. The molecular weight excluding hydrogens is 422 g/mol. The first-order chi connectivity index (χ1) is 16.2. The number of hydrogen-bond acceptors (Lipinski definition) is 3. The van der Waals surface area contributed by atoms with Crippen molar-refractivity contribution in [2.75, 3.05) is 23.9 Å². The van der Waals surface area contributed by atoms with Crippen molar-refractivity contribution in [1.29, 1.82) is 0 Å². The largest absolute Gasteiger partial charge is 0.497 e. The predicted molar refractivity (Wildman–Crippen MR) is 140 cm³/mol. The summed E-state index contributed by atoms with van der Waals surface area (Å²) in [6.45, 7) is 10.2. The third-order valence-electron chi connectivity index (χ3n) is 6.53. The molecule has 1 aliphatic rings. The van der Waals surface area contributed by atoms with Gasteiger partial charge in [0.15, 0.2) is 0 Å². The summed E-state index contributed by atoms with van der Waals surface area (Å²) >= 11 is 0. The molecule has 1 atom stereocenters. The summed E-state index contributed by atoms with van der Waals surface area (Å²) in [5.74, 6) is 0.862. The van der Waals surface area contributed by atoms with E-state index in [-0.39, 0.29) is 17.5 Å². The lowest BCUT2D eigenvalue weighted by Crippen LogP contribution is -2.39. The van der Waals surface area contributed by atoms with Gasteiger partial charge in [-0.15, -0.1) is 0 Å². The first-order valence-electron chi connectivity index (χ1n) is 11.9. The van der Waals surface area contributed by atoms with Crippen LogP contribution in [0, 0.1) is 6.92 Å². The van der Waals surface area contributed by atoms with E-state index in [9.17, 15) is 4.79 Å². The van der Waals surface area contributed by atoms with Gasteiger partial charge in [-0.2, -0.15) is 0 Å². The third-order valence-corrected chi connectivity index (χ3v) is 6.53. The van der Waals surface area contributed by atoms with Crippen LogP contribution in [0.4, 0.5) is 16.2 Å². The molecule has 0 saturated heterocycles. The van der Waals surface area contributed by atoms with Crippen molar-refractivity contribution >= 4 is 17.4 Å². The number of fused-ring (bicyclic) bond motifs is 1. The number of nitrogens with one attached hydrogen (secondary N) is 2. The van der Waals surface area contributed by atoms with Gasteiger partial charge in [-0.1, -0.05) is 63.2 Å². The Morgan fingerprint density at radius 1 is 1.06 bits per heavy atom. The van der Waals surface area contributed by atoms with E-state index in [2.05, 4.69) is 84.8 Å². The quantitative estimate of drug-likeness (QED) is 0.455. The topological polar surface area (TPSA) is 53.6 Å². The molecule has 34 heavy (non-hydrogen) atoms. The fraction of sp³-hybridized carbons (Fsp3) is 0.345. The molecule has 0 aromatic heterocycles. The van der Waals surface area contributed by atoms with Crippen molar-refractivity contribution in [1.82, 2.24) is 5.32 Å². The number of anilines is 2. The van der Waals surface area contributed by atoms with E-state index in [1.807, 2.05) is 25.1 Å². The molecule has 178 valence electrons. The summed E-state index contributed by atoms with van der Waals surface area (Å²) in [4.78, 5) is 15.4. The summed E-state index contributed by atoms with van der Waals surface area (Å²) in [6.07, 6.45) is 0.849. The molecule has 0 fully saturated rings. The van der Waals surface area contributed by atoms with E-state index in [1.165, 1.54) is 16.8 Å². The molecule has 3 aromatic carbocycles. The van der Waals surface area contributed by atoms with E-state index in [4.69, 9.17) is 4.74 Å². The fourth-order valence-electron chi connectivity index (χ4n) is 4.44. The number of amides is 2. The number of ether oxygens (including phenoxy) is 1. The first kappa shape index (κ1) is 23.7. The van der Waals surface area contributed by atoms with Crippen molar-refractivity contribution in [3.05, 3.63) is 89.0 Å². The number of carbonyl (C=O) groups is 1. The van der Waals surface area contributed by atoms with Crippen LogP contribution in [-0.2, 0) is 12.0 Å². The highest BCUT2D eigenvalue weighted by molar-refractivity contribution is 5.90. The van der Waals surface area contributed by atoms with Gasteiger partial charge in [0.1, 0.15) is 5.75 Å². The maximum atomic E-state index is 13.0. The first-order valence-corrected chi connectivity index (χ1v) is 11.9. The second-order valence-electron chi connectivity index (χ2n) is 10.0. The van der Waals surface area contributed by atoms with Gasteiger partial charge < -0.3 is 20.3 Å². The predicted octanol–water partition coefficient (Wildman–Crippen LogP) is 6.57. The zero-order chi connectivity index (χ0) is 24.3. The van der Waals surface area contributed by atoms with Gasteiger partial charge in [-0.05, 0) is 65.3 Å². The van der Waals surface area contributed by atoms with Crippen LogP contribution < -0.4 is 20.3 Å². The van der Waals surface area contributed by atoms with Gasteiger partial charge in [0.05, 0.1) is 13.2 Å². The average Bonchev–Trinajstić information content (AvgIpc) is 2.82. The minimum Gasteiger partial charge on any atom is -0.497 e. The van der Waals surface area contributed by atoms with Crippen LogP contribution in [0.25, 0.3) is 0 Å². The molecule has 2 N–H and O–H groups in total. The summed E-state index contributed by atoms with van der Waals surface area (Å²) < 4.78 is 5.28. The monoisotopic (exact) mass is 457 g/mol. The Balaban J connectivity index is 1.47. The fourth-order valence-corrected chi connectivity index (χ4v) is 4.44. The number of methoxy groups -OCH3 is 1. The van der Waals surface area contributed by atoms with Crippen molar-refractivity contribution in [2.24, 2.45) is 0 Å². The lowest BCUT2D eigenvalue weighted by Gasteiger charge is -2.36. The van der Waals surface area contributed by atoms with Gasteiger partial charge in [0.2, 0.25) is 0 Å². The van der Waals surface area contributed by atoms with Gasteiger partial charge in [-0.25, -0.2) is 4.79 Å². The summed E-state index contributed by atoms with van der Waals surface area (Å²) in [5, 5.41) is 6.30. The van der Waals surface area contributed by atoms with Gasteiger partial charge in [-0.3, -0.25) is 0 Å². The van der Waals surface area contributed by atoms with E-state index < -0.39 is 0 Å². The Hall–Kier alpha value is -3.47. The molecular formula is C29H35N3O2. The number of rotatable bonds is 5. The minimum absolute atomic E-state index is 0.0241.